The topological polar surface area (TPSA) is 38.9 Å². The molecular formula is C6H9Cl2FN2. The third-order valence-corrected chi connectivity index (χ3v) is 1.06. The third kappa shape index (κ3) is 3.51. The predicted octanol–water partition coefficient (Wildman–Crippen LogP) is 1.52. The molecule has 1 heterocycles. The molecule has 1 aromatic heterocycles. The fraction of sp³-hybridized carbons (Fsp3) is 0.167. The van der Waals surface area contributed by atoms with Crippen LogP contribution in [0.3, 0.4) is 0 Å². The normalized spacial score (nSPS) is 7.82. The van der Waals surface area contributed by atoms with E-state index in [1.54, 1.807) is 12.1 Å². The molecule has 0 spiro atoms. The van der Waals surface area contributed by atoms with Crippen LogP contribution in [0.25, 0.3) is 0 Å². The molecule has 0 atom stereocenters. The zero-order valence-corrected chi connectivity index (χ0v) is 7.29. The van der Waals surface area contributed by atoms with E-state index in [0.717, 1.165) is 0 Å². The number of nitrogens with zero attached hydrogens (tertiary/aromatic N) is 1. The van der Waals surface area contributed by atoms with E-state index in [4.69, 9.17) is 5.73 Å². The summed E-state index contributed by atoms with van der Waals surface area (Å²) in [7, 11) is 0. The molecule has 0 aromatic carbocycles. The Bertz CT molecular complexity index is 208. The summed E-state index contributed by atoms with van der Waals surface area (Å²) < 4.78 is 12.4. The van der Waals surface area contributed by atoms with Crippen molar-refractivity contribution in [1.82, 2.24) is 4.98 Å². The van der Waals surface area contributed by atoms with E-state index in [1.807, 2.05) is 0 Å². The van der Waals surface area contributed by atoms with Crippen molar-refractivity contribution in [2.24, 2.45) is 5.73 Å². The van der Waals surface area contributed by atoms with Gasteiger partial charge in [-0.25, -0.2) is 4.98 Å². The van der Waals surface area contributed by atoms with Crippen molar-refractivity contribution < 1.29 is 4.39 Å². The fourth-order valence-electron chi connectivity index (χ4n) is 0.572. The molecule has 0 bridgehead atoms. The van der Waals surface area contributed by atoms with Gasteiger partial charge in [-0.05, 0) is 6.07 Å². The lowest BCUT2D eigenvalue weighted by atomic mass is 10.3. The summed E-state index contributed by atoms with van der Waals surface area (Å²) in [5.41, 5.74) is 5.63. The smallest absolute Gasteiger partial charge is 0.217 e. The first-order valence-electron chi connectivity index (χ1n) is 2.64. The Kier molecular flexibility index (Phi) is 7.62. The Morgan fingerprint density at radius 2 is 2.09 bits per heavy atom. The first-order chi connectivity index (χ1) is 4.34. The molecular weight excluding hydrogens is 190 g/mol. The largest absolute Gasteiger partial charge is 0.326 e. The van der Waals surface area contributed by atoms with Gasteiger partial charge in [-0.15, -0.1) is 24.8 Å². The summed E-state index contributed by atoms with van der Waals surface area (Å²) in [4.78, 5) is 3.40. The molecule has 2 N–H and O–H groups in total. The van der Waals surface area contributed by atoms with E-state index in [9.17, 15) is 4.39 Å². The van der Waals surface area contributed by atoms with Crippen LogP contribution in [-0.4, -0.2) is 4.98 Å². The molecule has 0 amide bonds. The zero-order valence-electron chi connectivity index (χ0n) is 5.66. The molecule has 0 radical (unpaired) electrons. The molecule has 1 aromatic rings. The Labute approximate surface area is 76.8 Å². The molecule has 2 nitrogen and oxygen atoms in total. The van der Waals surface area contributed by atoms with Crippen LogP contribution in [0.2, 0.25) is 0 Å². The van der Waals surface area contributed by atoms with E-state index >= 15 is 0 Å². The molecule has 0 saturated heterocycles. The number of hydrogen-bond donors (Lipinski definition) is 1. The second-order valence-electron chi connectivity index (χ2n) is 1.66. The van der Waals surface area contributed by atoms with Crippen LogP contribution in [0.1, 0.15) is 5.56 Å². The minimum absolute atomic E-state index is 0. The molecule has 0 aliphatic heterocycles. The Morgan fingerprint density at radius 3 is 2.45 bits per heavy atom. The van der Waals surface area contributed by atoms with Crippen LogP contribution in [0.4, 0.5) is 4.39 Å². The molecule has 11 heavy (non-hydrogen) atoms. The second kappa shape index (κ2) is 6.34. The number of rotatable bonds is 1. The van der Waals surface area contributed by atoms with Gasteiger partial charge in [0, 0.05) is 18.3 Å². The number of nitrogens with two attached hydrogens (primary N) is 1. The van der Waals surface area contributed by atoms with Gasteiger partial charge in [0.2, 0.25) is 5.95 Å². The lowest BCUT2D eigenvalue weighted by Crippen LogP contribution is -2.00. The summed E-state index contributed by atoms with van der Waals surface area (Å²) >= 11 is 0. The van der Waals surface area contributed by atoms with Crippen molar-refractivity contribution in [3.8, 4) is 0 Å². The monoisotopic (exact) mass is 198 g/mol. The Balaban J connectivity index is 0. The Morgan fingerprint density at radius 1 is 1.45 bits per heavy atom. The maximum Gasteiger partial charge on any atom is 0.217 e. The number of halogens is 3. The molecule has 5 heteroatoms. The number of pyridine rings is 1. The van der Waals surface area contributed by atoms with Crippen LogP contribution in [0.15, 0.2) is 18.3 Å². The van der Waals surface area contributed by atoms with Crippen molar-refractivity contribution in [2.75, 3.05) is 0 Å². The molecule has 0 fully saturated rings. The highest BCUT2D eigenvalue weighted by atomic mass is 35.5. The highest BCUT2D eigenvalue weighted by Crippen LogP contribution is 1.99. The van der Waals surface area contributed by atoms with Gasteiger partial charge >= 0.3 is 0 Å². The number of aromatic nitrogens is 1. The standard InChI is InChI=1S/C6H7FN2.2ClH/c7-6-5(4-8)2-1-3-9-6;;/h1-3H,4,8H2;2*1H. The van der Waals surface area contributed by atoms with Gasteiger partial charge in [-0.1, -0.05) is 6.07 Å². The van der Waals surface area contributed by atoms with Gasteiger partial charge in [-0.2, -0.15) is 4.39 Å². The SMILES string of the molecule is Cl.Cl.NCc1cccnc1F. The average Bonchev–Trinajstić information content (AvgIpc) is 1.89. The van der Waals surface area contributed by atoms with Gasteiger partial charge in [0.05, 0.1) is 0 Å². The van der Waals surface area contributed by atoms with Crippen molar-refractivity contribution in [1.29, 1.82) is 0 Å². The van der Waals surface area contributed by atoms with E-state index in [0.29, 0.717) is 5.56 Å². The van der Waals surface area contributed by atoms with E-state index < -0.39 is 5.95 Å². The maximum atomic E-state index is 12.4. The van der Waals surface area contributed by atoms with Crippen LogP contribution < -0.4 is 5.73 Å². The fourth-order valence-corrected chi connectivity index (χ4v) is 0.572. The molecule has 64 valence electrons. The lowest BCUT2D eigenvalue weighted by Gasteiger charge is -1.93. The minimum atomic E-state index is -0.472. The summed E-state index contributed by atoms with van der Waals surface area (Å²) in [5, 5.41) is 0. The van der Waals surface area contributed by atoms with Crippen molar-refractivity contribution >= 4 is 24.8 Å². The van der Waals surface area contributed by atoms with Crippen LogP contribution >= 0.6 is 24.8 Å². The van der Waals surface area contributed by atoms with E-state index in [-0.39, 0.29) is 31.4 Å². The Hall–Kier alpha value is -0.380. The summed E-state index contributed by atoms with van der Waals surface area (Å²) in [6.07, 6.45) is 1.40. The van der Waals surface area contributed by atoms with Gasteiger partial charge in [0.25, 0.3) is 0 Å². The first kappa shape index (κ1) is 13.2. The second-order valence-corrected chi connectivity index (χ2v) is 1.66. The highest BCUT2D eigenvalue weighted by molar-refractivity contribution is 5.85. The lowest BCUT2D eigenvalue weighted by molar-refractivity contribution is 0.567. The molecule has 0 unspecified atom stereocenters. The van der Waals surface area contributed by atoms with Crippen molar-refractivity contribution in [3.63, 3.8) is 0 Å². The van der Waals surface area contributed by atoms with Gasteiger partial charge in [-0.3, -0.25) is 0 Å². The maximum absolute atomic E-state index is 12.4. The van der Waals surface area contributed by atoms with Gasteiger partial charge in [0.15, 0.2) is 0 Å². The third-order valence-electron chi connectivity index (χ3n) is 1.06. The summed E-state index contributed by atoms with van der Waals surface area (Å²) in [6.45, 7) is 0.208. The van der Waals surface area contributed by atoms with E-state index in [2.05, 4.69) is 4.98 Å². The van der Waals surface area contributed by atoms with Crippen LogP contribution in [-0.2, 0) is 6.54 Å². The molecule has 0 saturated carbocycles. The van der Waals surface area contributed by atoms with Gasteiger partial charge < -0.3 is 5.73 Å². The molecule has 0 aliphatic carbocycles. The zero-order chi connectivity index (χ0) is 6.69. The number of hydrogen-bond acceptors (Lipinski definition) is 2. The van der Waals surface area contributed by atoms with Crippen LogP contribution in [0, 0.1) is 5.95 Å². The summed E-state index contributed by atoms with van der Waals surface area (Å²) in [5.74, 6) is -0.472. The van der Waals surface area contributed by atoms with Gasteiger partial charge in [0.1, 0.15) is 0 Å². The highest BCUT2D eigenvalue weighted by Gasteiger charge is 1.95. The quantitative estimate of drug-likeness (QED) is 0.696. The summed E-state index contributed by atoms with van der Waals surface area (Å²) in [6, 6.07) is 3.27. The molecule has 0 aliphatic rings. The first-order valence-corrected chi connectivity index (χ1v) is 2.64. The molecule has 1 rings (SSSR count). The predicted molar refractivity (Wildman–Crippen MR) is 46.6 cm³/mol. The average molecular weight is 199 g/mol. The van der Waals surface area contributed by atoms with Crippen molar-refractivity contribution in [2.45, 2.75) is 6.54 Å². The van der Waals surface area contributed by atoms with Crippen LogP contribution in [0.5, 0.6) is 0 Å². The minimum Gasteiger partial charge on any atom is -0.326 e. The van der Waals surface area contributed by atoms with E-state index in [1.165, 1.54) is 6.20 Å². The van der Waals surface area contributed by atoms with Crippen molar-refractivity contribution in [3.05, 3.63) is 29.8 Å².